The Kier molecular flexibility index (Phi) is 4.71. The average molecular weight is 365 g/mol. The molecule has 0 spiro atoms. The summed E-state index contributed by atoms with van der Waals surface area (Å²) in [6.07, 6.45) is 5.00. The second-order valence-electron chi connectivity index (χ2n) is 6.81. The van der Waals surface area contributed by atoms with Crippen molar-refractivity contribution in [2.45, 2.75) is 38.6 Å². The van der Waals surface area contributed by atoms with E-state index in [0.29, 0.717) is 23.0 Å². The average Bonchev–Trinajstić information content (AvgIpc) is 2.65. The van der Waals surface area contributed by atoms with E-state index in [2.05, 4.69) is 10.3 Å². The number of anilines is 1. The minimum atomic E-state index is -0.496. The summed E-state index contributed by atoms with van der Waals surface area (Å²) < 4.78 is 15.5. The van der Waals surface area contributed by atoms with Gasteiger partial charge in [-0.3, -0.25) is 14.2 Å². The van der Waals surface area contributed by atoms with Crippen molar-refractivity contribution in [3.05, 3.63) is 70.0 Å². The number of halogens is 1. The number of rotatable bonds is 2. The topological polar surface area (TPSA) is 64.0 Å². The zero-order valence-electron chi connectivity index (χ0n) is 14.9. The van der Waals surface area contributed by atoms with Crippen LogP contribution in [0.3, 0.4) is 0 Å². The first-order chi connectivity index (χ1) is 13.1. The van der Waals surface area contributed by atoms with E-state index in [-0.39, 0.29) is 11.2 Å². The predicted molar refractivity (Wildman–Crippen MR) is 103 cm³/mol. The number of para-hydroxylation sites is 1. The number of hydrogen-bond acceptors (Lipinski definition) is 3. The van der Waals surface area contributed by atoms with Crippen LogP contribution in [0.5, 0.6) is 0 Å². The largest absolute Gasteiger partial charge is 0.319 e. The van der Waals surface area contributed by atoms with Crippen molar-refractivity contribution in [2.75, 3.05) is 5.32 Å². The van der Waals surface area contributed by atoms with Crippen LogP contribution in [-0.4, -0.2) is 15.5 Å². The van der Waals surface area contributed by atoms with E-state index >= 15 is 0 Å². The van der Waals surface area contributed by atoms with Gasteiger partial charge < -0.3 is 5.32 Å². The second kappa shape index (κ2) is 7.31. The van der Waals surface area contributed by atoms with Crippen LogP contribution in [0.1, 0.15) is 41.9 Å². The highest BCUT2D eigenvalue weighted by molar-refractivity contribution is 6.06. The molecule has 1 aromatic heterocycles. The lowest BCUT2D eigenvalue weighted by Gasteiger charge is -2.16. The SMILES string of the molecule is O=C(Nc1ccccc1F)c1ccc2c(=O)n3c(nc2c1)CCCCCC3. The molecule has 0 aliphatic carbocycles. The highest BCUT2D eigenvalue weighted by Gasteiger charge is 2.15. The van der Waals surface area contributed by atoms with Crippen molar-refractivity contribution in [3.63, 3.8) is 0 Å². The van der Waals surface area contributed by atoms with Crippen molar-refractivity contribution >= 4 is 22.5 Å². The molecule has 1 N–H and O–H groups in total. The van der Waals surface area contributed by atoms with Gasteiger partial charge in [-0.25, -0.2) is 9.37 Å². The second-order valence-corrected chi connectivity index (χ2v) is 6.81. The van der Waals surface area contributed by atoms with E-state index in [9.17, 15) is 14.0 Å². The van der Waals surface area contributed by atoms with Crippen molar-refractivity contribution in [1.29, 1.82) is 0 Å². The van der Waals surface area contributed by atoms with Crippen LogP contribution in [0.2, 0.25) is 0 Å². The summed E-state index contributed by atoms with van der Waals surface area (Å²) in [6.45, 7) is 0.687. The van der Waals surface area contributed by atoms with E-state index in [0.717, 1.165) is 37.9 Å². The quantitative estimate of drug-likeness (QED) is 0.749. The molecule has 1 aliphatic rings. The highest BCUT2D eigenvalue weighted by atomic mass is 19.1. The van der Waals surface area contributed by atoms with Crippen LogP contribution in [0, 0.1) is 5.82 Å². The monoisotopic (exact) mass is 365 g/mol. The molecule has 27 heavy (non-hydrogen) atoms. The Balaban J connectivity index is 1.71. The summed E-state index contributed by atoms with van der Waals surface area (Å²) in [5, 5.41) is 3.06. The summed E-state index contributed by atoms with van der Waals surface area (Å²) in [4.78, 5) is 30.0. The van der Waals surface area contributed by atoms with E-state index in [1.165, 1.54) is 12.1 Å². The van der Waals surface area contributed by atoms with Crippen molar-refractivity contribution < 1.29 is 9.18 Å². The molecule has 0 saturated heterocycles. The molecule has 0 saturated carbocycles. The molecule has 2 aromatic carbocycles. The Morgan fingerprint density at radius 3 is 2.74 bits per heavy atom. The lowest BCUT2D eigenvalue weighted by Crippen LogP contribution is -2.26. The maximum absolute atomic E-state index is 13.8. The normalized spacial score (nSPS) is 14.3. The molecule has 0 unspecified atom stereocenters. The van der Waals surface area contributed by atoms with Gasteiger partial charge in [0.1, 0.15) is 11.6 Å². The molecule has 138 valence electrons. The standard InChI is InChI=1S/C21H20FN3O2/c22-16-7-4-5-8-17(16)24-20(26)14-10-11-15-18(13-14)23-19-9-3-1-2-6-12-25(19)21(15)27/h4-5,7-8,10-11,13H,1-3,6,9,12H2,(H,24,26). The van der Waals surface area contributed by atoms with Crippen LogP contribution in [0.15, 0.2) is 47.3 Å². The van der Waals surface area contributed by atoms with Crippen molar-refractivity contribution in [2.24, 2.45) is 0 Å². The Morgan fingerprint density at radius 2 is 1.89 bits per heavy atom. The minimum absolute atomic E-state index is 0.0574. The maximum atomic E-state index is 13.8. The number of amides is 1. The molecule has 1 amide bonds. The number of nitrogens with zero attached hydrogens (tertiary/aromatic N) is 2. The molecule has 0 radical (unpaired) electrons. The van der Waals surface area contributed by atoms with Crippen LogP contribution < -0.4 is 10.9 Å². The zero-order valence-corrected chi connectivity index (χ0v) is 14.9. The molecule has 5 nitrogen and oxygen atoms in total. The fourth-order valence-electron chi connectivity index (χ4n) is 3.49. The van der Waals surface area contributed by atoms with Crippen LogP contribution >= 0.6 is 0 Å². The highest BCUT2D eigenvalue weighted by Crippen LogP contribution is 2.18. The van der Waals surface area contributed by atoms with Gasteiger partial charge in [-0.1, -0.05) is 25.0 Å². The van der Waals surface area contributed by atoms with Gasteiger partial charge in [0.15, 0.2) is 0 Å². The maximum Gasteiger partial charge on any atom is 0.261 e. The molecule has 0 fully saturated rings. The van der Waals surface area contributed by atoms with E-state index in [1.807, 2.05) is 0 Å². The Hall–Kier alpha value is -3.02. The zero-order chi connectivity index (χ0) is 18.8. The van der Waals surface area contributed by atoms with Crippen molar-refractivity contribution in [3.8, 4) is 0 Å². The number of nitrogens with one attached hydrogen (secondary N) is 1. The van der Waals surface area contributed by atoms with Gasteiger partial charge in [0.05, 0.1) is 16.6 Å². The summed E-state index contributed by atoms with van der Waals surface area (Å²) in [7, 11) is 0. The van der Waals surface area contributed by atoms with Gasteiger partial charge in [0.2, 0.25) is 0 Å². The molecule has 3 aromatic rings. The first-order valence-corrected chi connectivity index (χ1v) is 9.23. The van der Waals surface area contributed by atoms with Gasteiger partial charge in [-0.2, -0.15) is 0 Å². The molecule has 2 heterocycles. The number of aryl methyl sites for hydroxylation is 1. The van der Waals surface area contributed by atoms with Crippen molar-refractivity contribution in [1.82, 2.24) is 9.55 Å². The number of fused-ring (bicyclic) bond motifs is 2. The number of aromatic nitrogens is 2. The van der Waals surface area contributed by atoms with E-state index < -0.39 is 11.7 Å². The number of benzene rings is 2. The number of carbonyl (C=O) groups is 1. The van der Waals surface area contributed by atoms with E-state index in [4.69, 9.17) is 0 Å². The Bertz CT molecular complexity index is 1070. The summed E-state index contributed by atoms with van der Waals surface area (Å²) >= 11 is 0. The summed E-state index contributed by atoms with van der Waals surface area (Å²) in [6, 6.07) is 10.8. The van der Waals surface area contributed by atoms with Gasteiger partial charge in [0, 0.05) is 18.5 Å². The van der Waals surface area contributed by atoms with Gasteiger partial charge in [0.25, 0.3) is 11.5 Å². The molecule has 0 atom stereocenters. The Labute approximate surface area is 155 Å². The fourth-order valence-corrected chi connectivity index (χ4v) is 3.49. The lowest BCUT2D eigenvalue weighted by atomic mass is 10.1. The summed E-state index contributed by atoms with van der Waals surface area (Å²) in [5.41, 5.74) is 0.910. The third kappa shape index (κ3) is 3.47. The number of carbonyl (C=O) groups excluding carboxylic acids is 1. The predicted octanol–water partition coefficient (Wildman–Crippen LogP) is 3.90. The number of hydrogen-bond donors (Lipinski definition) is 1. The molecule has 1 aliphatic heterocycles. The molecular formula is C21H20FN3O2. The first kappa shape index (κ1) is 17.4. The first-order valence-electron chi connectivity index (χ1n) is 9.23. The lowest BCUT2D eigenvalue weighted by molar-refractivity contribution is 0.102. The Morgan fingerprint density at radius 1 is 1.07 bits per heavy atom. The minimum Gasteiger partial charge on any atom is -0.319 e. The van der Waals surface area contributed by atoms with Crippen LogP contribution in [-0.2, 0) is 13.0 Å². The molecule has 4 rings (SSSR count). The summed E-state index contributed by atoms with van der Waals surface area (Å²) in [5.74, 6) is -0.154. The third-order valence-corrected chi connectivity index (χ3v) is 4.95. The molecule has 0 bridgehead atoms. The van der Waals surface area contributed by atoms with E-state index in [1.54, 1.807) is 34.9 Å². The fraction of sp³-hybridized carbons (Fsp3) is 0.286. The molecular weight excluding hydrogens is 345 g/mol. The third-order valence-electron chi connectivity index (χ3n) is 4.95. The van der Waals surface area contributed by atoms with Crippen LogP contribution in [0.25, 0.3) is 10.9 Å². The van der Waals surface area contributed by atoms with Gasteiger partial charge >= 0.3 is 0 Å². The van der Waals surface area contributed by atoms with Crippen LogP contribution in [0.4, 0.5) is 10.1 Å². The van der Waals surface area contributed by atoms with Gasteiger partial charge in [-0.15, -0.1) is 0 Å². The smallest absolute Gasteiger partial charge is 0.261 e. The molecule has 6 heteroatoms. The van der Waals surface area contributed by atoms with Gasteiger partial charge in [-0.05, 0) is 43.2 Å².